The molecule has 0 fully saturated rings. The van der Waals surface area contributed by atoms with Gasteiger partial charge in [0, 0.05) is 34.8 Å². The number of carbonyl (C=O) groups is 2. The molecule has 1 aromatic heterocycles. The zero-order valence-electron chi connectivity index (χ0n) is 13.9. The predicted molar refractivity (Wildman–Crippen MR) is 102 cm³/mol. The molecule has 2 aromatic carbocycles. The lowest BCUT2D eigenvalue weighted by Crippen LogP contribution is -2.05. The second kappa shape index (κ2) is 7.27. The number of rotatable bonds is 5. The van der Waals surface area contributed by atoms with Crippen LogP contribution in [0.25, 0.3) is 11.3 Å². The van der Waals surface area contributed by atoms with E-state index in [1.165, 1.54) is 18.3 Å². The summed E-state index contributed by atoms with van der Waals surface area (Å²) in [5, 5.41) is 8.72. The third kappa shape index (κ3) is 4.30. The molecule has 0 spiro atoms. The molecule has 0 saturated heterocycles. The molecule has 0 saturated carbocycles. The van der Waals surface area contributed by atoms with Gasteiger partial charge >= 0.3 is 0 Å². The van der Waals surface area contributed by atoms with Crippen molar-refractivity contribution in [2.75, 3.05) is 10.6 Å². The number of Topliss-reactive ketones (excluding diaryl/α,β-unsaturated/α-hetero) is 1. The molecule has 6 heteroatoms. The molecular weight excluding hydrogens is 334 g/mol. The van der Waals surface area contributed by atoms with Crippen molar-refractivity contribution in [3.05, 3.63) is 59.5 Å². The van der Waals surface area contributed by atoms with Crippen LogP contribution in [-0.4, -0.2) is 16.7 Å². The molecular formula is C19H17N3O2S. The number of amides is 1. The minimum atomic E-state index is -0.105. The number of carbonyl (C=O) groups excluding carboxylic acids is 2. The number of hydrogen-bond donors (Lipinski definition) is 2. The Morgan fingerprint density at radius 2 is 1.76 bits per heavy atom. The van der Waals surface area contributed by atoms with Crippen molar-refractivity contribution in [1.82, 2.24) is 4.98 Å². The van der Waals surface area contributed by atoms with Crippen LogP contribution in [-0.2, 0) is 4.79 Å². The molecule has 126 valence electrons. The summed E-state index contributed by atoms with van der Waals surface area (Å²) in [6.07, 6.45) is 0. The second-order valence-corrected chi connectivity index (χ2v) is 6.42. The molecule has 1 heterocycles. The topological polar surface area (TPSA) is 71.1 Å². The van der Waals surface area contributed by atoms with Gasteiger partial charge in [-0.15, -0.1) is 11.3 Å². The van der Waals surface area contributed by atoms with E-state index in [-0.39, 0.29) is 11.7 Å². The first-order chi connectivity index (χ1) is 12.0. The fourth-order valence-electron chi connectivity index (χ4n) is 2.34. The van der Waals surface area contributed by atoms with Gasteiger partial charge in [-0.2, -0.15) is 0 Å². The monoisotopic (exact) mass is 351 g/mol. The van der Waals surface area contributed by atoms with Crippen LogP contribution >= 0.6 is 11.3 Å². The Bertz CT molecular complexity index is 916. The normalized spacial score (nSPS) is 10.3. The lowest BCUT2D eigenvalue weighted by Gasteiger charge is -2.04. The fourth-order valence-corrected chi connectivity index (χ4v) is 3.07. The van der Waals surface area contributed by atoms with Crippen LogP contribution in [0, 0.1) is 0 Å². The van der Waals surface area contributed by atoms with Crippen molar-refractivity contribution in [1.29, 1.82) is 0 Å². The lowest BCUT2D eigenvalue weighted by molar-refractivity contribution is -0.114. The maximum Gasteiger partial charge on any atom is 0.221 e. The molecule has 0 unspecified atom stereocenters. The minimum absolute atomic E-state index is 0.0436. The first kappa shape index (κ1) is 16.9. The highest BCUT2D eigenvalue weighted by molar-refractivity contribution is 7.14. The molecule has 2 N–H and O–H groups in total. The molecule has 0 bridgehead atoms. The number of thiazole rings is 1. The molecule has 0 aliphatic heterocycles. The van der Waals surface area contributed by atoms with Crippen molar-refractivity contribution in [2.45, 2.75) is 13.8 Å². The zero-order chi connectivity index (χ0) is 17.8. The highest BCUT2D eigenvalue weighted by Crippen LogP contribution is 2.28. The SMILES string of the molecule is CC(=O)Nc1cccc(-c2csc(Nc3ccc(C(C)=O)cc3)n2)c1. The molecule has 25 heavy (non-hydrogen) atoms. The van der Waals surface area contributed by atoms with E-state index in [2.05, 4.69) is 15.6 Å². The van der Waals surface area contributed by atoms with Gasteiger partial charge in [-0.05, 0) is 43.3 Å². The first-order valence-corrected chi connectivity index (χ1v) is 8.61. The number of benzene rings is 2. The van der Waals surface area contributed by atoms with Gasteiger partial charge in [0.25, 0.3) is 0 Å². The van der Waals surface area contributed by atoms with Gasteiger partial charge in [0.05, 0.1) is 5.69 Å². The maximum atomic E-state index is 11.3. The fraction of sp³-hybridized carbons (Fsp3) is 0.105. The number of nitrogens with zero attached hydrogens (tertiary/aromatic N) is 1. The summed E-state index contributed by atoms with van der Waals surface area (Å²) in [4.78, 5) is 27.1. The lowest BCUT2D eigenvalue weighted by atomic mass is 10.1. The molecule has 3 rings (SSSR count). The predicted octanol–water partition coefficient (Wildman–Crippen LogP) is 4.71. The van der Waals surface area contributed by atoms with Crippen LogP contribution in [0.2, 0.25) is 0 Å². The van der Waals surface area contributed by atoms with E-state index in [4.69, 9.17) is 0 Å². The van der Waals surface area contributed by atoms with E-state index in [0.717, 1.165) is 27.8 Å². The van der Waals surface area contributed by atoms with Crippen molar-refractivity contribution < 1.29 is 9.59 Å². The molecule has 0 atom stereocenters. The van der Waals surface area contributed by atoms with E-state index in [1.54, 1.807) is 19.1 Å². The summed E-state index contributed by atoms with van der Waals surface area (Å²) in [7, 11) is 0. The molecule has 0 aliphatic carbocycles. The maximum absolute atomic E-state index is 11.3. The number of ketones is 1. The minimum Gasteiger partial charge on any atom is -0.332 e. The first-order valence-electron chi connectivity index (χ1n) is 7.73. The van der Waals surface area contributed by atoms with Crippen LogP contribution in [0.1, 0.15) is 24.2 Å². The zero-order valence-corrected chi connectivity index (χ0v) is 14.7. The molecule has 0 aliphatic rings. The molecule has 0 radical (unpaired) electrons. The van der Waals surface area contributed by atoms with Crippen molar-refractivity contribution >= 4 is 39.5 Å². The summed E-state index contributed by atoms with van der Waals surface area (Å²) < 4.78 is 0. The average molecular weight is 351 g/mol. The van der Waals surface area contributed by atoms with E-state index in [9.17, 15) is 9.59 Å². The summed E-state index contributed by atoms with van der Waals surface area (Å²) in [6, 6.07) is 14.9. The Balaban J connectivity index is 1.76. The van der Waals surface area contributed by atoms with Crippen LogP contribution < -0.4 is 10.6 Å². The molecule has 1 amide bonds. The van der Waals surface area contributed by atoms with Gasteiger partial charge in [0.2, 0.25) is 5.91 Å². The summed E-state index contributed by atoms with van der Waals surface area (Å²) in [5.74, 6) is -0.0612. The van der Waals surface area contributed by atoms with Gasteiger partial charge in [-0.3, -0.25) is 9.59 Å². The van der Waals surface area contributed by atoms with Gasteiger partial charge in [0.15, 0.2) is 10.9 Å². The quantitative estimate of drug-likeness (QED) is 0.653. The summed E-state index contributed by atoms with van der Waals surface area (Å²) in [5.41, 5.74) is 4.06. The smallest absolute Gasteiger partial charge is 0.221 e. The largest absolute Gasteiger partial charge is 0.332 e. The third-order valence-corrected chi connectivity index (χ3v) is 4.28. The van der Waals surface area contributed by atoms with Crippen LogP contribution in [0.4, 0.5) is 16.5 Å². The van der Waals surface area contributed by atoms with E-state index in [0.29, 0.717) is 5.56 Å². The Morgan fingerprint density at radius 1 is 1.00 bits per heavy atom. The Hall–Kier alpha value is -2.99. The Kier molecular flexibility index (Phi) is 4.90. The molecule has 5 nitrogen and oxygen atoms in total. The average Bonchev–Trinajstić information content (AvgIpc) is 3.03. The van der Waals surface area contributed by atoms with E-state index < -0.39 is 0 Å². The van der Waals surface area contributed by atoms with Crippen LogP contribution in [0.3, 0.4) is 0 Å². The highest BCUT2D eigenvalue weighted by Gasteiger charge is 2.07. The third-order valence-electron chi connectivity index (χ3n) is 3.53. The Morgan fingerprint density at radius 3 is 2.44 bits per heavy atom. The van der Waals surface area contributed by atoms with Gasteiger partial charge in [0.1, 0.15) is 0 Å². The number of nitrogens with one attached hydrogen (secondary N) is 2. The Labute approximate surface area is 149 Å². The standard InChI is InChI=1S/C19H17N3O2S/c1-12(23)14-6-8-16(9-7-14)21-19-22-18(11-25-19)15-4-3-5-17(10-15)20-13(2)24/h3-11H,1-2H3,(H,20,24)(H,21,22). The van der Waals surface area contributed by atoms with Crippen LogP contribution in [0.5, 0.6) is 0 Å². The van der Waals surface area contributed by atoms with Gasteiger partial charge < -0.3 is 10.6 Å². The van der Waals surface area contributed by atoms with Crippen molar-refractivity contribution in [3.63, 3.8) is 0 Å². The number of anilines is 3. The highest BCUT2D eigenvalue weighted by atomic mass is 32.1. The summed E-state index contributed by atoms with van der Waals surface area (Å²) >= 11 is 1.49. The van der Waals surface area contributed by atoms with Crippen molar-refractivity contribution in [3.8, 4) is 11.3 Å². The van der Waals surface area contributed by atoms with Gasteiger partial charge in [-0.25, -0.2) is 4.98 Å². The second-order valence-electron chi connectivity index (χ2n) is 5.56. The summed E-state index contributed by atoms with van der Waals surface area (Å²) in [6.45, 7) is 3.03. The number of aromatic nitrogens is 1. The van der Waals surface area contributed by atoms with Crippen molar-refractivity contribution in [2.24, 2.45) is 0 Å². The van der Waals surface area contributed by atoms with E-state index in [1.807, 2.05) is 41.8 Å². The number of hydrogen-bond acceptors (Lipinski definition) is 5. The van der Waals surface area contributed by atoms with Gasteiger partial charge in [-0.1, -0.05) is 12.1 Å². The van der Waals surface area contributed by atoms with E-state index >= 15 is 0 Å². The van der Waals surface area contributed by atoms with Crippen LogP contribution in [0.15, 0.2) is 53.9 Å². The molecule has 3 aromatic rings.